The van der Waals surface area contributed by atoms with Crippen molar-refractivity contribution in [1.29, 1.82) is 0 Å². The highest BCUT2D eigenvalue weighted by atomic mass is 35.5. The van der Waals surface area contributed by atoms with E-state index in [-0.39, 0.29) is 12.0 Å². The molecule has 0 saturated heterocycles. The summed E-state index contributed by atoms with van der Waals surface area (Å²) in [5, 5.41) is 3.60. The fourth-order valence-corrected chi connectivity index (χ4v) is 4.62. The highest BCUT2D eigenvalue weighted by molar-refractivity contribution is 6.30. The van der Waals surface area contributed by atoms with Crippen LogP contribution in [-0.2, 0) is 4.74 Å². The standard InChI is InChI=1S/C27H26ClNO2/c1-18-15-20(28)16-19(2)21(18)9-7-8-14-29-27(30)31-17-26-24-12-5-3-10-22(24)23-11-4-6-13-25(23)26/h3-7,9-13,15-16,26H,8,14,17H2,1-2H3,(H,29,30). The highest BCUT2D eigenvalue weighted by Crippen LogP contribution is 2.44. The topological polar surface area (TPSA) is 38.3 Å². The summed E-state index contributed by atoms with van der Waals surface area (Å²) in [5.41, 5.74) is 8.35. The van der Waals surface area contributed by atoms with E-state index >= 15 is 0 Å². The monoisotopic (exact) mass is 431 g/mol. The molecule has 0 atom stereocenters. The van der Waals surface area contributed by atoms with Crippen LogP contribution >= 0.6 is 11.6 Å². The third-order valence-corrected chi connectivity index (χ3v) is 5.99. The molecule has 0 heterocycles. The van der Waals surface area contributed by atoms with E-state index in [9.17, 15) is 4.79 Å². The van der Waals surface area contributed by atoms with Gasteiger partial charge in [-0.3, -0.25) is 0 Å². The molecule has 0 fully saturated rings. The first-order valence-corrected chi connectivity index (χ1v) is 10.9. The predicted molar refractivity (Wildman–Crippen MR) is 128 cm³/mol. The van der Waals surface area contributed by atoms with Gasteiger partial charge in [-0.05, 0) is 71.3 Å². The average Bonchev–Trinajstić information content (AvgIpc) is 3.07. The van der Waals surface area contributed by atoms with Gasteiger partial charge in [-0.25, -0.2) is 4.79 Å². The molecule has 0 unspecified atom stereocenters. The van der Waals surface area contributed by atoms with E-state index in [1.807, 2.05) is 50.2 Å². The zero-order chi connectivity index (χ0) is 21.8. The minimum absolute atomic E-state index is 0.0777. The van der Waals surface area contributed by atoms with Crippen molar-refractivity contribution >= 4 is 23.8 Å². The second-order valence-electron chi connectivity index (χ2n) is 7.90. The summed E-state index contributed by atoms with van der Waals surface area (Å²) < 4.78 is 5.57. The van der Waals surface area contributed by atoms with Crippen molar-refractivity contribution in [1.82, 2.24) is 5.32 Å². The third-order valence-electron chi connectivity index (χ3n) is 5.77. The number of hydrogen-bond donors (Lipinski definition) is 1. The van der Waals surface area contributed by atoms with Crippen molar-refractivity contribution in [2.45, 2.75) is 26.2 Å². The molecule has 0 bridgehead atoms. The Kier molecular flexibility index (Phi) is 6.43. The minimum Gasteiger partial charge on any atom is -0.449 e. The summed E-state index contributed by atoms with van der Waals surface area (Å²) in [6.45, 7) is 4.96. The van der Waals surface area contributed by atoms with E-state index in [0.717, 1.165) is 22.6 Å². The van der Waals surface area contributed by atoms with Crippen LogP contribution < -0.4 is 5.32 Å². The average molecular weight is 432 g/mol. The van der Waals surface area contributed by atoms with Crippen molar-refractivity contribution in [3.05, 3.63) is 99.6 Å². The molecule has 3 nitrogen and oxygen atoms in total. The number of ether oxygens (including phenoxy) is 1. The van der Waals surface area contributed by atoms with Crippen LogP contribution in [0.2, 0.25) is 5.02 Å². The molecule has 3 aromatic rings. The van der Waals surface area contributed by atoms with Gasteiger partial charge in [0.2, 0.25) is 0 Å². The Hall–Kier alpha value is -3.04. The highest BCUT2D eigenvalue weighted by Gasteiger charge is 2.28. The van der Waals surface area contributed by atoms with Crippen molar-refractivity contribution < 1.29 is 9.53 Å². The molecule has 0 aliphatic heterocycles. The third kappa shape index (κ3) is 4.67. The maximum absolute atomic E-state index is 12.2. The van der Waals surface area contributed by atoms with Crippen molar-refractivity contribution in [2.75, 3.05) is 13.2 Å². The van der Waals surface area contributed by atoms with Gasteiger partial charge in [-0.15, -0.1) is 0 Å². The number of carbonyl (C=O) groups excluding carboxylic acids is 1. The van der Waals surface area contributed by atoms with Crippen LogP contribution in [-0.4, -0.2) is 19.2 Å². The number of rotatable bonds is 6. The number of aryl methyl sites for hydroxylation is 2. The van der Waals surface area contributed by atoms with Crippen LogP contribution in [0.4, 0.5) is 4.79 Å². The van der Waals surface area contributed by atoms with E-state index in [4.69, 9.17) is 16.3 Å². The molecular formula is C27H26ClNO2. The van der Waals surface area contributed by atoms with Crippen LogP contribution in [0.3, 0.4) is 0 Å². The lowest BCUT2D eigenvalue weighted by Gasteiger charge is -2.14. The van der Waals surface area contributed by atoms with Gasteiger partial charge < -0.3 is 10.1 Å². The van der Waals surface area contributed by atoms with E-state index in [1.54, 1.807) is 0 Å². The first kappa shape index (κ1) is 21.2. The van der Waals surface area contributed by atoms with Crippen LogP contribution in [0, 0.1) is 13.8 Å². The summed E-state index contributed by atoms with van der Waals surface area (Å²) in [4.78, 5) is 12.2. The number of benzene rings is 3. The van der Waals surface area contributed by atoms with E-state index in [1.165, 1.54) is 27.8 Å². The molecular weight excluding hydrogens is 406 g/mol. The smallest absolute Gasteiger partial charge is 0.407 e. The molecule has 0 saturated carbocycles. The lowest BCUT2D eigenvalue weighted by molar-refractivity contribution is 0.143. The Balaban J connectivity index is 1.29. The Morgan fingerprint density at radius 1 is 1.00 bits per heavy atom. The predicted octanol–water partition coefficient (Wildman–Crippen LogP) is 6.90. The van der Waals surface area contributed by atoms with E-state index in [0.29, 0.717) is 13.2 Å². The second kappa shape index (κ2) is 9.40. The lowest BCUT2D eigenvalue weighted by atomic mass is 9.98. The largest absolute Gasteiger partial charge is 0.449 e. The van der Waals surface area contributed by atoms with Gasteiger partial charge in [0.15, 0.2) is 0 Å². The zero-order valence-corrected chi connectivity index (χ0v) is 18.6. The van der Waals surface area contributed by atoms with Gasteiger partial charge in [0, 0.05) is 17.5 Å². The SMILES string of the molecule is Cc1cc(Cl)cc(C)c1C=CCCNC(=O)OCC1c2ccccc2-c2ccccc21. The number of carbonyl (C=O) groups is 1. The normalized spacial score (nSPS) is 12.6. The Labute approximate surface area is 188 Å². The number of amides is 1. The molecule has 31 heavy (non-hydrogen) atoms. The first-order chi connectivity index (χ1) is 15.0. The van der Waals surface area contributed by atoms with Gasteiger partial charge in [-0.1, -0.05) is 72.3 Å². The molecule has 3 aromatic carbocycles. The Morgan fingerprint density at radius 2 is 1.58 bits per heavy atom. The molecule has 1 N–H and O–H groups in total. The van der Waals surface area contributed by atoms with E-state index < -0.39 is 0 Å². The first-order valence-electron chi connectivity index (χ1n) is 10.6. The second-order valence-corrected chi connectivity index (χ2v) is 8.33. The Bertz CT molecular complexity index is 1070. The van der Waals surface area contributed by atoms with Crippen molar-refractivity contribution in [3.63, 3.8) is 0 Å². The number of fused-ring (bicyclic) bond motifs is 3. The molecule has 4 heteroatoms. The van der Waals surface area contributed by atoms with Crippen LogP contribution in [0.5, 0.6) is 0 Å². The number of hydrogen-bond acceptors (Lipinski definition) is 2. The van der Waals surface area contributed by atoms with Gasteiger partial charge in [0.1, 0.15) is 6.61 Å². The van der Waals surface area contributed by atoms with Gasteiger partial charge in [0.25, 0.3) is 0 Å². The zero-order valence-electron chi connectivity index (χ0n) is 17.8. The van der Waals surface area contributed by atoms with Crippen molar-refractivity contribution in [2.24, 2.45) is 0 Å². The van der Waals surface area contributed by atoms with Crippen LogP contribution in [0.25, 0.3) is 17.2 Å². The van der Waals surface area contributed by atoms with Crippen molar-refractivity contribution in [3.8, 4) is 11.1 Å². The number of nitrogens with one attached hydrogen (secondary N) is 1. The fraction of sp³-hybridized carbons (Fsp3) is 0.222. The lowest BCUT2D eigenvalue weighted by Crippen LogP contribution is -2.26. The molecule has 4 rings (SSSR count). The molecule has 1 aliphatic carbocycles. The molecule has 0 radical (unpaired) electrons. The quantitative estimate of drug-likeness (QED) is 0.431. The fourth-order valence-electron chi connectivity index (χ4n) is 4.29. The van der Waals surface area contributed by atoms with Gasteiger partial charge in [0.05, 0.1) is 0 Å². The summed E-state index contributed by atoms with van der Waals surface area (Å²) in [6, 6.07) is 20.6. The van der Waals surface area contributed by atoms with E-state index in [2.05, 4.69) is 41.7 Å². The molecule has 1 aliphatic rings. The summed E-state index contributed by atoms with van der Waals surface area (Å²) in [7, 11) is 0. The summed E-state index contributed by atoms with van der Waals surface area (Å²) in [6.07, 6.45) is 4.49. The van der Waals surface area contributed by atoms with Gasteiger partial charge in [-0.2, -0.15) is 0 Å². The minimum atomic E-state index is -0.380. The maximum atomic E-state index is 12.2. The molecule has 0 aromatic heterocycles. The van der Waals surface area contributed by atoms with Gasteiger partial charge >= 0.3 is 6.09 Å². The maximum Gasteiger partial charge on any atom is 0.407 e. The summed E-state index contributed by atoms with van der Waals surface area (Å²) in [5.74, 6) is 0.0777. The number of halogens is 1. The molecule has 0 spiro atoms. The molecule has 1 amide bonds. The number of alkyl carbamates (subject to hydrolysis) is 1. The van der Waals surface area contributed by atoms with Crippen LogP contribution in [0.1, 0.15) is 40.2 Å². The Morgan fingerprint density at radius 3 is 2.19 bits per heavy atom. The summed E-state index contributed by atoms with van der Waals surface area (Å²) >= 11 is 6.09. The van der Waals surface area contributed by atoms with Crippen LogP contribution in [0.15, 0.2) is 66.7 Å². The molecule has 158 valence electrons.